The first-order valence-electron chi connectivity index (χ1n) is 6.79. The van der Waals surface area contributed by atoms with Crippen molar-refractivity contribution in [2.24, 2.45) is 7.05 Å². The van der Waals surface area contributed by atoms with E-state index in [2.05, 4.69) is 26.9 Å². The van der Waals surface area contributed by atoms with Crippen LogP contribution in [-0.2, 0) is 7.05 Å². The molecule has 2 unspecified atom stereocenters. The van der Waals surface area contributed by atoms with Crippen molar-refractivity contribution in [3.8, 4) is 6.07 Å². The molecule has 0 saturated heterocycles. The monoisotopic (exact) mass is 278 g/mol. The van der Waals surface area contributed by atoms with Crippen LogP contribution < -0.4 is 5.32 Å². The van der Waals surface area contributed by atoms with Gasteiger partial charge in [-0.25, -0.2) is 4.68 Å². The highest BCUT2D eigenvalue weighted by Gasteiger charge is 2.41. The lowest BCUT2D eigenvalue weighted by Crippen LogP contribution is -2.49. The molecule has 0 bridgehead atoms. The summed E-state index contributed by atoms with van der Waals surface area (Å²) in [5.74, 6) is 0. The zero-order valence-electron chi connectivity index (χ0n) is 11.0. The fourth-order valence-corrected chi connectivity index (χ4v) is 3.90. The van der Waals surface area contributed by atoms with E-state index in [1.165, 1.54) is 12.8 Å². The molecule has 0 aromatic carbocycles. The molecule has 2 aliphatic rings. The Hall–Kier alpha value is -1.13. The molecule has 0 radical (unpaired) electrons. The van der Waals surface area contributed by atoms with Crippen molar-refractivity contribution in [2.75, 3.05) is 0 Å². The summed E-state index contributed by atoms with van der Waals surface area (Å²) in [4.78, 5) is 0. The lowest BCUT2D eigenvalue weighted by Gasteiger charge is -2.36. The van der Waals surface area contributed by atoms with Crippen molar-refractivity contribution < 1.29 is 0 Å². The van der Waals surface area contributed by atoms with Crippen LogP contribution in [0.2, 0.25) is 0 Å². The molecule has 1 aromatic heterocycles. The number of rotatable bonds is 4. The second kappa shape index (κ2) is 5.10. The van der Waals surface area contributed by atoms with E-state index in [0.717, 1.165) is 30.8 Å². The normalized spacial score (nSPS) is 31.1. The third-order valence-corrected chi connectivity index (χ3v) is 5.12. The topological polar surface area (TPSA) is 79.4 Å². The van der Waals surface area contributed by atoms with E-state index in [0.29, 0.717) is 11.3 Å². The summed E-state index contributed by atoms with van der Waals surface area (Å²) in [5.41, 5.74) is -0.330. The summed E-state index contributed by atoms with van der Waals surface area (Å²) < 4.78 is 1.70. The molecule has 2 atom stereocenters. The van der Waals surface area contributed by atoms with Gasteiger partial charge in [-0.2, -0.15) is 5.26 Å². The van der Waals surface area contributed by atoms with Crippen LogP contribution in [0.1, 0.15) is 38.5 Å². The van der Waals surface area contributed by atoms with Crippen molar-refractivity contribution in [3.63, 3.8) is 0 Å². The van der Waals surface area contributed by atoms with Gasteiger partial charge < -0.3 is 0 Å². The number of thioether (sulfide) groups is 1. The quantitative estimate of drug-likeness (QED) is 0.893. The number of nitrogens with one attached hydrogen (secondary N) is 1. The average molecular weight is 278 g/mol. The molecule has 0 aliphatic heterocycles. The van der Waals surface area contributed by atoms with Crippen LogP contribution in [0, 0.1) is 11.3 Å². The molecule has 7 heteroatoms. The average Bonchev–Trinajstić information content (AvgIpc) is 3.13. The second-order valence-corrected chi connectivity index (χ2v) is 6.80. The number of hydrogen-bond donors (Lipinski definition) is 1. The first-order chi connectivity index (χ1) is 9.21. The number of nitrogens with zero attached hydrogens (tertiary/aromatic N) is 5. The van der Waals surface area contributed by atoms with Gasteiger partial charge in [-0.05, 0) is 49.0 Å². The molecular weight excluding hydrogens is 260 g/mol. The fraction of sp³-hybridized carbons (Fsp3) is 0.833. The molecule has 1 aromatic rings. The summed E-state index contributed by atoms with van der Waals surface area (Å²) in [6.07, 6.45) is 6.51. The molecule has 6 nitrogen and oxygen atoms in total. The number of aromatic nitrogens is 4. The summed E-state index contributed by atoms with van der Waals surface area (Å²) in [6.45, 7) is 0. The Morgan fingerprint density at radius 2 is 2.32 bits per heavy atom. The van der Waals surface area contributed by atoms with E-state index in [4.69, 9.17) is 0 Å². The Morgan fingerprint density at radius 3 is 2.95 bits per heavy atom. The van der Waals surface area contributed by atoms with Crippen LogP contribution in [0.25, 0.3) is 0 Å². The maximum atomic E-state index is 9.55. The standard InChI is InChI=1S/C12H18N6S/c1-18-11(15-16-17-18)19-10-3-2-6-12(7-10,8-13)14-9-4-5-9/h9-10,14H,2-7H2,1H3. The lowest BCUT2D eigenvalue weighted by molar-refractivity contribution is 0.301. The molecule has 102 valence electrons. The van der Waals surface area contributed by atoms with Crippen LogP contribution >= 0.6 is 11.8 Å². The van der Waals surface area contributed by atoms with Gasteiger partial charge in [-0.15, -0.1) is 5.10 Å². The predicted molar refractivity (Wildman–Crippen MR) is 71.4 cm³/mol. The SMILES string of the molecule is Cn1nnnc1SC1CCCC(C#N)(NC2CC2)C1. The Kier molecular flexibility index (Phi) is 3.46. The van der Waals surface area contributed by atoms with Crippen molar-refractivity contribution in [2.45, 2.75) is 60.5 Å². The van der Waals surface area contributed by atoms with Crippen LogP contribution in [0.3, 0.4) is 0 Å². The maximum absolute atomic E-state index is 9.55. The van der Waals surface area contributed by atoms with Gasteiger partial charge in [0.2, 0.25) is 5.16 Å². The first kappa shape index (κ1) is 12.9. The third kappa shape index (κ3) is 2.90. The zero-order valence-corrected chi connectivity index (χ0v) is 11.9. The summed E-state index contributed by atoms with van der Waals surface area (Å²) in [6, 6.07) is 3.10. The van der Waals surface area contributed by atoms with Crippen LogP contribution in [0.4, 0.5) is 0 Å². The Labute approximate surface area is 116 Å². The smallest absolute Gasteiger partial charge is 0.209 e. The van der Waals surface area contributed by atoms with E-state index in [1.54, 1.807) is 16.4 Å². The van der Waals surface area contributed by atoms with Gasteiger partial charge in [0.15, 0.2) is 0 Å². The minimum atomic E-state index is -0.330. The van der Waals surface area contributed by atoms with E-state index in [-0.39, 0.29) is 5.54 Å². The van der Waals surface area contributed by atoms with Crippen molar-refractivity contribution in [1.82, 2.24) is 25.5 Å². The van der Waals surface area contributed by atoms with E-state index in [1.807, 2.05) is 7.05 Å². The van der Waals surface area contributed by atoms with Crippen molar-refractivity contribution in [1.29, 1.82) is 5.26 Å². The van der Waals surface area contributed by atoms with Gasteiger partial charge >= 0.3 is 0 Å². The van der Waals surface area contributed by atoms with E-state index in [9.17, 15) is 5.26 Å². The summed E-state index contributed by atoms with van der Waals surface area (Å²) in [7, 11) is 1.85. The van der Waals surface area contributed by atoms with Gasteiger partial charge in [-0.1, -0.05) is 11.8 Å². The van der Waals surface area contributed by atoms with Crippen LogP contribution in [0.15, 0.2) is 5.16 Å². The fourth-order valence-electron chi connectivity index (χ4n) is 2.68. The number of nitriles is 1. The highest BCUT2D eigenvalue weighted by atomic mass is 32.2. The molecule has 19 heavy (non-hydrogen) atoms. The second-order valence-electron chi connectivity index (χ2n) is 5.53. The highest BCUT2D eigenvalue weighted by Crippen LogP contribution is 2.38. The number of hydrogen-bond acceptors (Lipinski definition) is 6. The summed E-state index contributed by atoms with van der Waals surface area (Å²) >= 11 is 1.70. The van der Waals surface area contributed by atoms with E-state index < -0.39 is 0 Å². The third-order valence-electron chi connectivity index (χ3n) is 3.83. The Bertz CT molecular complexity index is 491. The molecule has 0 spiro atoms. The van der Waals surface area contributed by atoms with Gasteiger partial charge in [0.25, 0.3) is 0 Å². The van der Waals surface area contributed by atoms with Gasteiger partial charge in [0, 0.05) is 18.3 Å². The highest BCUT2D eigenvalue weighted by molar-refractivity contribution is 7.99. The molecule has 0 amide bonds. The largest absolute Gasteiger partial charge is 0.297 e. The molecule has 2 fully saturated rings. The van der Waals surface area contributed by atoms with Crippen molar-refractivity contribution in [3.05, 3.63) is 0 Å². The van der Waals surface area contributed by atoms with Gasteiger partial charge in [-0.3, -0.25) is 5.32 Å². The summed E-state index contributed by atoms with van der Waals surface area (Å²) in [5, 5.41) is 25.9. The number of aryl methyl sites for hydroxylation is 1. The van der Waals surface area contributed by atoms with Gasteiger partial charge in [0.05, 0.1) is 6.07 Å². The minimum absolute atomic E-state index is 0.330. The Morgan fingerprint density at radius 1 is 1.47 bits per heavy atom. The Balaban J connectivity index is 1.66. The van der Waals surface area contributed by atoms with E-state index >= 15 is 0 Å². The van der Waals surface area contributed by atoms with Gasteiger partial charge in [0.1, 0.15) is 5.54 Å². The zero-order chi connectivity index (χ0) is 13.3. The molecule has 2 aliphatic carbocycles. The molecule has 3 rings (SSSR count). The molecule has 2 saturated carbocycles. The van der Waals surface area contributed by atoms with Crippen molar-refractivity contribution >= 4 is 11.8 Å². The molecule has 1 N–H and O–H groups in total. The minimum Gasteiger partial charge on any atom is -0.297 e. The molecule has 1 heterocycles. The maximum Gasteiger partial charge on any atom is 0.209 e. The molecular formula is C12H18N6S. The first-order valence-corrected chi connectivity index (χ1v) is 7.67. The van der Waals surface area contributed by atoms with Crippen LogP contribution in [0.5, 0.6) is 0 Å². The number of tetrazole rings is 1. The lowest BCUT2D eigenvalue weighted by atomic mass is 9.82. The predicted octanol–water partition coefficient (Wildman–Crippen LogP) is 1.26. The van der Waals surface area contributed by atoms with Crippen LogP contribution in [-0.4, -0.2) is 37.0 Å².